The van der Waals surface area contributed by atoms with Crippen molar-refractivity contribution in [1.29, 1.82) is 0 Å². The SMILES string of the molecule is O=C(CCCc1ccccc1)NCC(=O)N1CCC[C@H]1c1nn[nH]n1. The fourth-order valence-corrected chi connectivity index (χ4v) is 3.11. The summed E-state index contributed by atoms with van der Waals surface area (Å²) in [6.45, 7) is 0.667. The lowest BCUT2D eigenvalue weighted by Crippen LogP contribution is -2.40. The number of benzene rings is 1. The van der Waals surface area contributed by atoms with E-state index in [1.54, 1.807) is 4.90 Å². The number of tetrazole rings is 1. The van der Waals surface area contributed by atoms with Gasteiger partial charge in [0, 0.05) is 13.0 Å². The van der Waals surface area contributed by atoms with Crippen LogP contribution in [0.2, 0.25) is 0 Å². The van der Waals surface area contributed by atoms with E-state index >= 15 is 0 Å². The molecule has 2 N–H and O–H groups in total. The number of aromatic amines is 1. The summed E-state index contributed by atoms with van der Waals surface area (Å²) in [5, 5.41) is 16.6. The van der Waals surface area contributed by atoms with Crippen LogP contribution in [0.1, 0.15) is 43.1 Å². The van der Waals surface area contributed by atoms with Crippen molar-refractivity contribution in [2.45, 2.75) is 38.1 Å². The maximum atomic E-state index is 12.4. The molecule has 0 saturated carbocycles. The van der Waals surface area contributed by atoms with Crippen LogP contribution in [0.3, 0.4) is 0 Å². The number of likely N-dealkylation sites (tertiary alicyclic amines) is 1. The van der Waals surface area contributed by atoms with Crippen molar-refractivity contribution in [3.63, 3.8) is 0 Å². The molecule has 25 heavy (non-hydrogen) atoms. The van der Waals surface area contributed by atoms with Gasteiger partial charge in [-0.1, -0.05) is 35.5 Å². The first kappa shape index (κ1) is 17.1. The molecular weight excluding hydrogens is 320 g/mol. The number of nitrogens with zero attached hydrogens (tertiary/aromatic N) is 4. The van der Waals surface area contributed by atoms with Crippen LogP contribution in [0, 0.1) is 0 Å². The Morgan fingerprint density at radius 3 is 2.88 bits per heavy atom. The summed E-state index contributed by atoms with van der Waals surface area (Å²) in [5.74, 6) is 0.323. The van der Waals surface area contributed by atoms with Crippen LogP contribution in [-0.2, 0) is 16.0 Å². The molecule has 0 bridgehead atoms. The third kappa shape index (κ3) is 4.62. The topological polar surface area (TPSA) is 104 Å². The number of carbonyl (C=O) groups is 2. The Kier molecular flexibility index (Phi) is 5.71. The number of hydrogen-bond acceptors (Lipinski definition) is 5. The molecule has 2 aromatic rings. The molecule has 0 unspecified atom stereocenters. The van der Waals surface area contributed by atoms with E-state index in [0.717, 1.165) is 25.7 Å². The van der Waals surface area contributed by atoms with Gasteiger partial charge in [0.25, 0.3) is 0 Å². The van der Waals surface area contributed by atoms with Gasteiger partial charge in [0.05, 0.1) is 12.6 Å². The van der Waals surface area contributed by atoms with E-state index in [4.69, 9.17) is 0 Å². The Morgan fingerprint density at radius 2 is 2.12 bits per heavy atom. The van der Waals surface area contributed by atoms with E-state index in [1.807, 2.05) is 30.3 Å². The van der Waals surface area contributed by atoms with Crippen molar-refractivity contribution >= 4 is 11.8 Å². The number of amides is 2. The lowest BCUT2D eigenvalue weighted by Gasteiger charge is -2.22. The van der Waals surface area contributed by atoms with Crippen LogP contribution in [0.15, 0.2) is 30.3 Å². The number of hydrogen-bond donors (Lipinski definition) is 2. The average Bonchev–Trinajstić information content (AvgIpc) is 3.31. The Labute approximate surface area is 146 Å². The van der Waals surface area contributed by atoms with E-state index in [0.29, 0.717) is 18.8 Å². The highest BCUT2D eigenvalue weighted by atomic mass is 16.2. The van der Waals surface area contributed by atoms with Crippen molar-refractivity contribution < 1.29 is 9.59 Å². The van der Waals surface area contributed by atoms with Crippen molar-refractivity contribution in [3.8, 4) is 0 Å². The summed E-state index contributed by atoms with van der Waals surface area (Å²) < 4.78 is 0. The standard InChI is InChI=1S/C17H22N6O2/c24-15(10-4-8-13-6-2-1-3-7-13)18-12-16(25)23-11-5-9-14(23)17-19-21-22-20-17/h1-3,6-7,14H,4-5,8-12H2,(H,18,24)(H,19,20,21,22)/t14-/m0/s1. The molecule has 8 nitrogen and oxygen atoms in total. The van der Waals surface area contributed by atoms with Crippen LogP contribution in [0.4, 0.5) is 0 Å². The van der Waals surface area contributed by atoms with Gasteiger partial charge in [-0.2, -0.15) is 5.21 Å². The van der Waals surface area contributed by atoms with Gasteiger partial charge in [-0.3, -0.25) is 9.59 Å². The second kappa shape index (κ2) is 8.36. The molecule has 1 fully saturated rings. The van der Waals surface area contributed by atoms with Crippen molar-refractivity contribution in [1.82, 2.24) is 30.8 Å². The molecule has 1 aliphatic rings. The molecular formula is C17H22N6O2. The van der Waals surface area contributed by atoms with E-state index in [1.165, 1.54) is 5.56 Å². The van der Waals surface area contributed by atoms with Crippen LogP contribution >= 0.6 is 0 Å². The molecule has 2 amide bonds. The zero-order valence-corrected chi connectivity index (χ0v) is 14.0. The summed E-state index contributed by atoms with van der Waals surface area (Å²) >= 11 is 0. The van der Waals surface area contributed by atoms with Gasteiger partial charge in [-0.15, -0.1) is 10.2 Å². The zero-order chi connectivity index (χ0) is 17.5. The number of aromatic nitrogens is 4. The zero-order valence-electron chi connectivity index (χ0n) is 14.0. The fraction of sp³-hybridized carbons (Fsp3) is 0.471. The summed E-state index contributed by atoms with van der Waals surface area (Å²) in [6, 6.07) is 9.90. The average molecular weight is 342 g/mol. The van der Waals surface area contributed by atoms with Gasteiger partial charge < -0.3 is 10.2 Å². The molecule has 3 rings (SSSR count). The molecule has 0 spiro atoms. The highest BCUT2D eigenvalue weighted by Gasteiger charge is 2.32. The predicted molar refractivity (Wildman–Crippen MR) is 90.3 cm³/mol. The van der Waals surface area contributed by atoms with Gasteiger partial charge in [0.1, 0.15) is 0 Å². The molecule has 132 valence electrons. The maximum absolute atomic E-state index is 12.4. The lowest BCUT2D eigenvalue weighted by molar-refractivity contribution is -0.133. The molecule has 0 radical (unpaired) electrons. The van der Waals surface area contributed by atoms with E-state index in [9.17, 15) is 9.59 Å². The number of carbonyl (C=O) groups excluding carboxylic acids is 2. The Hall–Kier alpha value is -2.77. The predicted octanol–water partition coefficient (Wildman–Crippen LogP) is 1.00. The van der Waals surface area contributed by atoms with Crippen LogP contribution < -0.4 is 5.32 Å². The second-order valence-electron chi connectivity index (χ2n) is 6.13. The first-order valence-electron chi connectivity index (χ1n) is 8.57. The number of nitrogens with one attached hydrogen (secondary N) is 2. The van der Waals surface area contributed by atoms with Crippen molar-refractivity contribution in [2.24, 2.45) is 0 Å². The summed E-state index contributed by atoms with van der Waals surface area (Å²) in [4.78, 5) is 26.0. The molecule has 1 aliphatic heterocycles. The second-order valence-corrected chi connectivity index (χ2v) is 6.13. The minimum Gasteiger partial charge on any atom is -0.347 e. The number of rotatable bonds is 7. The quantitative estimate of drug-likeness (QED) is 0.781. The van der Waals surface area contributed by atoms with Crippen LogP contribution in [-0.4, -0.2) is 50.4 Å². The molecule has 0 aliphatic carbocycles. The summed E-state index contributed by atoms with van der Waals surface area (Å²) in [7, 11) is 0. The smallest absolute Gasteiger partial charge is 0.242 e. The van der Waals surface area contributed by atoms with Gasteiger partial charge in [0.2, 0.25) is 11.8 Å². The molecule has 1 aromatic heterocycles. The summed E-state index contributed by atoms with van der Waals surface area (Å²) in [5.41, 5.74) is 1.21. The van der Waals surface area contributed by atoms with Crippen LogP contribution in [0.5, 0.6) is 0 Å². The first-order valence-corrected chi connectivity index (χ1v) is 8.57. The highest BCUT2D eigenvalue weighted by molar-refractivity contribution is 5.85. The Morgan fingerprint density at radius 1 is 1.28 bits per heavy atom. The molecule has 1 aromatic carbocycles. The summed E-state index contributed by atoms with van der Waals surface area (Å²) in [6.07, 6.45) is 3.75. The van der Waals surface area contributed by atoms with Gasteiger partial charge in [-0.25, -0.2) is 0 Å². The van der Waals surface area contributed by atoms with E-state index in [-0.39, 0.29) is 24.4 Å². The van der Waals surface area contributed by atoms with E-state index in [2.05, 4.69) is 25.9 Å². The van der Waals surface area contributed by atoms with Gasteiger partial charge in [-0.05, 0) is 31.2 Å². The normalized spacial score (nSPS) is 16.8. The third-order valence-corrected chi connectivity index (χ3v) is 4.38. The van der Waals surface area contributed by atoms with Gasteiger partial charge in [0.15, 0.2) is 5.82 Å². The van der Waals surface area contributed by atoms with Crippen molar-refractivity contribution in [3.05, 3.63) is 41.7 Å². The number of aryl methyl sites for hydroxylation is 1. The lowest BCUT2D eigenvalue weighted by atomic mass is 10.1. The first-order chi connectivity index (χ1) is 12.2. The largest absolute Gasteiger partial charge is 0.347 e. The Bertz CT molecular complexity index is 688. The maximum Gasteiger partial charge on any atom is 0.242 e. The molecule has 1 saturated heterocycles. The van der Waals surface area contributed by atoms with Crippen LogP contribution in [0.25, 0.3) is 0 Å². The minimum absolute atomic E-state index is 0.0124. The molecule has 1 atom stereocenters. The molecule has 8 heteroatoms. The highest BCUT2D eigenvalue weighted by Crippen LogP contribution is 2.28. The monoisotopic (exact) mass is 342 g/mol. The van der Waals surface area contributed by atoms with Crippen molar-refractivity contribution in [2.75, 3.05) is 13.1 Å². The molecule has 2 heterocycles. The number of H-pyrrole nitrogens is 1. The van der Waals surface area contributed by atoms with E-state index < -0.39 is 0 Å². The Balaban J connectivity index is 1.40. The van der Waals surface area contributed by atoms with Gasteiger partial charge >= 0.3 is 0 Å². The minimum atomic E-state index is -0.152. The fourth-order valence-electron chi connectivity index (χ4n) is 3.11. The third-order valence-electron chi connectivity index (χ3n) is 4.38.